The number of phenols is 1. The first-order valence-electron chi connectivity index (χ1n) is 4.48. The fourth-order valence-electron chi connectivity index (χ4n) is 1.26. The maximum absolute atomic E-state index is 9.26. The summed E-state index contributed by atoms with van der Waals surface area (Å²) in [6.45, 7) is 4.37. The van der Waals surface area contributed by atoms with Crippen LogP contribution in [0, 0.1) is 5.41 Å². The fourth-order valence-corrected chi connectivity index (χ4v) is 1.66. The molecule has 0 heterocycles. The van der Waals surface area contributed by atoms with Gasteiger partial charge in [-0.1, -0.05) is 47.4 Å². The molecule has 0 aliphatic heterocycles. The van der Waals surface area contributed by atoms with Crippen molar-refractivity contribution in [1.29, 1.82) is 0 Å². The number of aromatic hydroxyl groups is 1. The van der Waals surface area contributed by atoms with Crippen molar-refractivity contribution < 1.29 is 5.11 Å². The van der Waals surface area contributed by atoms with Crippen LogP contribution in [0.1, 0.15) is 19.4 Å². The highest BCUT2D eigenvalue weighted by molar-refractivity contribution is 9.09. The monoisotopic (exact) mass is 276 g/mol. The largest absolute Gasteiger partial charge is 0.506 e. The van der Waals surface area contributed by atoms with E-state index in [1.54, 1.807) is 6.07 Å². The van der Waals surface area contributed by atoms with Crippen LogP contribution in [0.2, 0.25) is 5.02 Å². The van der Waals surface area contributed by atoms with Gasteiger partial charge in [0.15, 0.2) is 0 Å². The van der Waals surface area contributed by atoms with E-state index in [0.717, 1.165) is 17.3 Å². The van der Waals surface area contributed by atoms with Crippen molar-refractivity contribution in [3.63, 3.8) is 0 Å². The Morgan fingerprint density at radius 3 is 2.57 bits per heavy atom. The molecule has 0 aromatic heterocycles. The Hall–Kier alpha value is -0.210. The molecule has 0 saturated heterocycles. The summed E-state index contributed by atoms with van der Waals surface area (Å²) in [4.78, 5) is 0. The van der Waals surface area contributed by atoms with Gasteiger partial charge in [0.2, 0.25) is 0 Å². The number of hydrogen-bond donors (Lipinski definition) is 1. The van der Waals surface area contributed by atoms with E-state index in [-0.39, 0.29) is 11.2 Å². The minimum atomic E-state index is 0.145. The van der Waals surface area contributed by atoms with E-state index >= 15 is 0 Å². The topological polar surface area (TPSA) is 20.2 Å². The van der Waals surface area contributed by atoms with Crippen molar-refractivity contribution >= 4 is 27.5 Å². The van der Waals surface area contributed by atoms with Gasteiger partial charge in [-0.05, 0) is 29.5 Å². The maximum Gasteiger partial charge on any atom is 0.134 e. The van der Waals surface area contributed by atoms with Crippen LogP contribution in [-0.2, 0) is 6.42 Å². The molecule has 0 spiro atoms. The van der Waals surface area contributed by atoms with Gasteiger partial charge < -0.3 is 5.11 Å². The molecule has 14 heavy (non-hydrogen) atoms. The second-order valence-corrected chi connectivity index (χ2v) is 5.23. The molecule has 0 aliphatic rings. The van der Waals surface area contributed by atoms with Crippen LogP contribution >= 0.6 is 27.5 Å². The molecule has 1 nitrogen and oxygen atoms in total. The molecule has 0 aliphatic carbocycles. The van der Waals surface area contributed by atoms with E-state index in [1.807, 2.05) is 12.1 Å². The average molecular weight is 278 g/mol. The number of rotatable bonds is 3. The first kappa shape index (κ1) is 11.9. The molecule has 78 valence electrons. The van der Waals surface area contributed by atoms with Crippen LogP contribution in [0.3, 0.4) is 0 Å². The van der Waals surface area contributed by atoms with Gasteiger partial charge in [-0.15, -0.1) is 0 Å². The van der Waals surface area contributed by atoms with E-state index in [9.17, 15) is 5.11 Å². The summed E-state index contributed by atoms with van der Waals surface area (Å²) in [5, 5.41) is 10.6. The number of hydrogen-bond acceptors (Lipinski definition) is 1. The van der Waals surface area contributed by atoms with Gasteiger partial charge in [-0.25, -0.2) is 0 Å². The van der Waals surface area contributed by atoms with E-state index in [0.29, 0.717) is 5.02 Å². The zero-order chi connectivity index (χ0) is 10.8. The van der Waals surface area contributed by atoms with E-state index in [1.165, 1.54) is 0 Å². The Balaban J connectivity index is 2.83. The lowest BCUT2D eigenvalue weighted by molar-refractivity contribution is 0.424. The maximum atomic E-state index is 9.26. The lowest BCUT2D eigenvalue weighted by Gasteiger charge is -2.21. The quantitative estimate of drug-likeness (QED) is 0.828. The molecule has 1 N–H and O–H groups in total. The van der Waals surface area contributed by atoms with Crippen LogP contribution in [0.5, 0.6) is 5.75 Å². The summed E-state index contributed by atoms with van der Waals surface area (Å²) in [6.07, 6.45) is 0.943. The van der Waals surface area contributed by atoms with Gasteiger partial charge in [0, 0.05) is 5.33 Å². The average Bonchev–Trinajstić information content (AvgIpc) is 2.11. The fraction of sp³-hybridized carbons (Fsp3) is 0.455. The second-order valence-electron chi connectivity index (χ2n) is 4.26. The minimum Gasteiger partial charge on any atom is -0.506 e. The van der Waals surface area contributed by atoms with Gasteiger partial charge in [-0.2, -0.15) is 0 Å². The third kappa shape index (κ3) is 3.18. The lowest BCUT2D eigenvalue weighted by atomic mass is 9.88. The number of phenolic OH excluding ortho intramolecular Hbond substituents is 1. The molecule has 0 bridgehead atoms. The number of halogens is 2. The summed E-state index contributed by atoms with van der Waals surface area (Å²) in [7, 11) is 0. The minimum absolute atomic E-state index is 0.145. The number of alkyl halides is 1. The lowest BCUT2D eigenvalue weighted by Crippen LogP contribution is -2.16. The smallest absolute Gasteiger partial charge is 0.134 e. The Kier molecular flexibility index (Phi) is 3.85. The van der Waals surface area contributed by atoms with Gasteiger partial charge >= 0.3 is 0 Å². The highest BCUT2D eigenvalue weighted by atomic mass is 79.9. The molecular weight excluding hydrogens is 263 g/mol. The van der Waals surface area contributed by atoms with Crippen LogP contribution in [0.25, 0.3) is 0 Å². The van der Waals surface area contributed by atoms with Crippen LogP contribution in [0.15, 0.2) is 18.2 Å². The summed E-state index contributed by atoms with van der Waals surface area (Å²) < 4.78 is 0. The van der Waals surface area contributed by atoms with Crippen molar-refractivity contribution in [2.75, 3.05) is 5.33 Å². The SMILES string of the molecule is CC(C)(CBr)Cc1ccc(O)c(Cl)c1. The molecule has 3 heteroatoms. The molecule has 0 radical (unpaired) electrons. The molecule has 0 fully saturated rings. The summed E-state index contributed by atoms with van der Waals surface area (Å²) in [5.74, 6) is 0.145. The Morgan fingerprint density at radius 1 is 1.43 bits per heavy atom. The van der Waals surface area contributed by atoms with Crippen LogP contribution in [0.4, 0.5) is 0 Å². The van der Waals surface area contributed by atoms with Crippen LogP contribution in [-0.4, -0.2) is 10.4 Å². The standard InChI is InChI=1S/C11H14BrClO/c1-11(2,7-12)6-8-3-4-10(14)9(13)5-8/h3-5,14H,6-7H2,1-2H3. The molecular formula is C11H14BrClO. The van der Waals surface area contributed by atoms with Crippen molar-refractivity contribution in [3.05, 3.63) is 28.8 Å². The molecule has 0 saturated carbocycles. The molecule has 1 aromatic rings. The van der Waals surface area contributed by atoms with Crippen molar-refractivity contribution in [3.8, 4) is 5.75 Å². The highest BCUT2D eigenvalue weighted by Crippen LogP contribution is 2.29. The van der Waals surface area contributed by atoms with Crippen molar-refractivity contribution in [2.24, 2.45) is 5.41 Å². The number of benzene rings is 1. The van der Waals surface area contributed by atoms with Gasteiger partial charge in [-0.3, -0.25) is 0 Å². The Morgan fingerprint density at radius 2 is 2.07 bits per heavy atom. The van der Waals surface area contributed by atoms with Gasteiger partial charge in [0.1, 0.15) is 5.75 Å². The third-order valence-corrected chi connectivity index (χ3v) is 3.88. The van der Waals surface area contributed by atoms with Gasteiger partial charge in [0.05, 0.1) is 5.02 Å². The molecule has 0 amide bonds. The van der Waals surface area contributed by atoms with E-state index < -0.39 is 0 Å². The predicted octanol–water partition coefficient (Wildman–Crippen LogP) is 4.01. The third-order valence-electron chi connectivity index (χ3n) is 2.06. The Bertz CT molecular complexity index is 323. The molecule has 1 aromatic carbocycles. The van der Waals surface area contributed by atoms with E-state index in [2.05, 4.69) is 29.8 Å². The predicted molar refractivity (Wildman–Crippen MR) is 64.4 cm³/mol. The molecule has 1 rings (SSSR count). The van der Waals surface area contributed by atoms with E-state index in [4.69, 9.17) is 11.6 Å². The van der Waals surface area contributed by atoms with Crippen LogP contribution < -0.4 is 0 Å². The summed E-state index contributed by atoms with van der Waals surface area (Å²) in [5.41, 5.74) is 1.36. The normalized spacial score (nSPS) is 11.7. The summed E-state index contributed by atoms with van der Waals surface area (Å²) in [6, 6.07) is 5.37. The van der Waals surface area contributed by atoms with Crippen molar-refractivity contribution in [2.45, 2.75) is 20.3 Å². The highest BCUT2D eigenvalue weighted by Gasteiger charge is 2.17. The summed E-state index contributed by atoms with van der Waals surface area (Å²) >= 11 is 9.30. The zero-order valence-corrected chi connectivity index (χ0v) is 10.7. The van der Waals surface area contributed by atoms with Crippen molar-refractivity contribution in [1.82, 2.24) is 0 Å². The van der Waals surface area contributed by atoms with Gasteiger partial charge in [0.25, 0.3) is 0 Å². The molecule has 0 atom stereocenters. The first-order valence-corrected chi connectivity index (χ1v) is 5.98. The molecule has 0 unspecified atom stereocenters. The first-order chi connectivity index (χ1) is 6.44. The zero-order valence-electron chi connectivity index (χ0n) is 8.35. The Labute approximate surface area is 98.2 Å². The second kappa shape index (κ2) is 4.54.